The molecule has 0 aliphatic heterocycles. The predicted molar refractivity (Wildman–Crippen MR) is 64.2 cm³/mol. The maximum atomic E-state index is 11.8. The van der Waals surface area contributed by atoms with Crippen LogP contribution >= 0.6 is 7.14 Å². The second kappa shape index (κ2) is 3.55. The second-order valence-electron chi connectivity index (χ2n) is 5.15. The molecular weight excluding hydrogens is 191 g/mol. The molecule has 0 aliphatic carbocycles. The van der Waals surface area contributed by atoms with Crippen molar-refractivity contribution in [3.8, 4) is 0 Å². The van der Waals surface area contributed by atoms with E-state index < -0.39 is 7.14 Å². The van der Waals surface area contributed by atoms with Crippen LogP contribution in [0.15, 0.2) is 24.3 Å². The van der Waals surface area contributed by atoms with Gasteiger partial charge in [0.2, 0.25) is 0 Å². The molecule has 0 unspecified atom stereocenters. The Kier molecular flexibility index (Phi) is 2.92. The Morgan fingerprint density at radius 1 is 1.00 bits per heavy atom. The van der Waals surface area contributed by atoms with Crippen molar-refractivity contribution in [2.24, 2.45) is 0 Å². The largest absolute Gasteiger partial charge is 0.319 e. The topological polar surface area (TPSA) is 17.1 Å². The monoisotopic (exact) mass is 210 g/mol. The first kappa shape index (κ1) is 11.5. The lowest BCUT2D eigenvalue weighted by atomic mass is 9.87. The Labute approximate surface area is 86.9 Å². The molecule has 78 valence electrons. The zero-order chi connectivity index (χ0) is 11.0. The molecule has 2 heteroatoms. The Hall–Kier alpha value is -0.550. The van der Waals surface area contributed by atoms with Crippen LogP contribution < -0.4 is 5.30 Å². The molecule has 14 heavy (non-hydrogen) atoms. The van der Waals surface area contributed by atoms with Crippen LogP contribution in [0.25, 0.3) is 0 Å². The van der Waals surface area contributed by atoms with E-state index in [4.69, 9.17) is 0 Å². The fraction of sp³-hybridized carbons (Fsp3) is 0.500. The summed E-state index contributed by atoms with van der Waals surface area (Å²) in [4.78, 5) is 0. The quantitative estimate of drug-likeness (QED) is 0.650. The molecule has 0 aromatic heterocycles. The fourth-order valence-electron chi connectivity index (χ4n) is 1.32. The van der Waals surface area contributed by atoms with Crippen LogP contribution in [0.2, 0.25) is 0 Å². The molecule has 0 N–H and O–H groups in total. The Balaban J connectivity index is 3.08. The molecule has 1 rings (SSSR count). The molecule has 1 aromatic rings. The molecule has 0 fully saturated rings. The first-order valence-electron chi connectivity index (χ1n) is 4.87. The summed E-state index contributed by atoms with van der Waals surface area (Å²) in [5, 5.41) is 0.963. The number of hydrogen-bond donors (Lipinski definition) is 0. The molecule has 0 aliphatic rings. The maximum Gasteiger partial charge on any atom is 0.109 e. The predicted octanol–water partition coefficient (Wildman–Crippen LogP) is 3.23. The van der Waals surface area contributed by atoms with Gasteiger partial charge >= 0.3 is 0 Å². The smallest absolute Gasteiger partial charge is 0.109 e. The summed E-state index contributed by atoms with van der Waals surface area (Å²) in [6.07, 6.45) is 0. The average molecular weight is 210 g/mol. The minimum Gasteiger partial charge on any atom is -0.319 e. The van der Waals surface area contributed by atoms with Gasteiger partial charge in [0.15, 0.2) is 0 Å². The fourth-order valence-corrected chi connectivity index (χ4v) is 2.19. The zero-order valence-electron chi connectivity index (χ0n) is 9.66. The highest BCUT2D eigenvalue weighted by Gasteiger charge is 2.15. The molecule has 0 radical (unpaired) electrons. The standard InChI is InChI=1S/C12H19OP/c1-12(2,3)10-6-8-11(9-7-10)14(4,5)13/h6-9H,1-5H3. The summed E-state index contributed by atoms with van der Waals surface area (Å²) in [5.41, 5.74) is 1.46. The Morgan fingerprint density at radius 2 is 1.43 bits per heavy atom. The van der Waals surface area contributed by atoms with Crippen LogP contribution in [0.5, 0.6) is 0 Å². The third-order valence-corrected chi connectivity index (χ3v) is 3.90. The van der Waals surface area contributed by atoms with E-state index in [-0.39, 0.29) is 5.41 Å². The summed E-state index contributed by atoms with van der Waals surface area (Å²) >= 11 is 0. The van der Waals surface area contributed by atoms with Crippen molar-refractivity contribution in [1.29, 1.82) is 0 Å². The van der Waals surface area contributed by atoms with Gasteiger partial charge in [-0.15, -0.1) is 0 Å². The summed E-state index contributed by atoms with van der Waals surface area (Å²) in [6, 6.07) is 8.13. The highest BCUT2D eigenvalue weighted by Crippen LogP contribution is 2.35. The lowest BCUT2D eigenvalue weighted by Gasteiger charge is -2.19. The van der Waals surface area contributed by atoms with E-state index in [1.807, 2.05) is 12.1 Å². The van der Waals surface area contributed by atoms with Crippen molar-refractivity contribution in [2.45, 2.75) is 26.2 Å². The van der Waals surface area contributed by atoms with Crippen LogP contribution in [0.4, 0.5) is 0 Å². The minimum atomic E-state index is -2.09. The molecule has 1 nitrogen and oxygen atoms in total. The lowest BCUT2D eigenvalue weighted by molar-refractivity contribution is 0.586. The van der Waals surface area contributed by atoms with E-state index in [0.717, 1.165) is 5.30 Å². The molecule has 1 aromatic carbocycles. The molecule has 0 heterocycles. The van der Waals surface area contributed by atoms with E-state index in [1.165, 1.54) is 5.56 Å². The normalized spacial score (nSPS) is 12.9. The highest BCUT2D eigenvalue weighted by molar-refractivity contribution is 7.70. The summed E-state index contributed by atoms with van der Waals surface area (Å²) in [6.45, 7) is 10.1. The van der Waals surface area contributed by atoms with Gasteiger partial charge in [0.25, 0.3) is 0 Å². The van der Waals surface area contributed by atoms with Crippen LogP contribution in [0.3, 0.4) is 0 Å². The lowest BCUT2D eigenvalue weighted by Crippen LogP contribution is -2.12. The molecule has 0 spiro atoms. The SMILES string of the molecule is CC(C)(C)c1ccc(P(C)(C)=O)cc1. The van der Waals surface area contributed by atoms with Crippen LogP contribution in [0.1, 0.15) is 26.3 Å². The first-order valence-corrected chi connectivity index (χ1v) is 7.47. The van der Waals surface area contributed by atoms with Gasteiger partial charge in [0.1, 0.15) is 7.14 Å². The highest BCUT2D eigenvalue weighted by atomic mass is 31.2. The average Bonchev–Trinajstić information content (AvgIpc) is 2.01. The van der Waals surface area contributed by atoms with Gasteiger partial charge in [-0.05, 0) is 24.3 Å². The Morgan fingerprint density at radius 3 is 1.71 bits per heavy atom. The van der Waals surface area contributed by atoms with Crippen molar-refractivity contribution in [2.75, 3.05) is 13.3 Å². The third kappa shape index (κ3) is 2.72. The summed E-state index contributed by atoms with van der Waals surface area (Å²) in [7, 11) is -2.09. The molecule has 0 bridgehead atoms. The summed E-state index contributed by atoms with van der Waals surface area (Å²) in [5.74, 6) is 0. The van der Waals surface area contributed by atoms with Gasteiger partial charge in [0, 0.05) is 5.30 Å². The molecular formula is C12H19OP. The number of hydrogen-bond acceptors (Lipinski definition) is 1. The van der Waals surface area contributed by atoms with E-state index >= 15 is 0 Å². The van der Waals surface area contributed by atoms with Crippen molar-refractivity contribution in [3.63, 3.8) is 0 Å². The zero-order valence-corrected chi connectivity index (χ0v) is 10.6. The molecule has 0 saturated carbocycles. The van der Waals surface area contributed by atoms with Gasteiger partial charge in [-0.2, -0.15) is 0 Å². The summed E-state index contributed by atoms with van der Waals surface area (Å²) < 4.78 is 11.8. The minimum absolute atomic E-state index is 0.171. The first-order chi connectivity index (χ1) is 6.21. The van der Waals surface area contributed by atoms with Gasteiger partial charge < -0.3 is 4.57 Å². The van der Waals surface area contributed by atoms with Crippen molar-refractivity contribution >= 4 is 12.4 Å². The van der Waals surface area contributed by atoms with Crippen molar-refractivity contribution < 1.29 is 4.57 Å². The van der Waals surface area contributed by atoms with Gasteiger partial charge in [0.05, 0.1) is 0 Å². The van der Waals surface area contributed by atoms with Crippen molar-refractivity contribution in [3.05, 3.63) is 29.8 Å². The van der Waals surface area contributed by atoms with E-state index in [9.17, 15) is 4.57 Å². The van der Waals surface area contributed by atoms with E-state index in [2.05, 4.69) is 32.9 Å². The molecule has 0 amide bonds. The number of rotatable bonds is 1. The van der Waals surface area contributed by atoms with E-state index in [1.54, 1.807) is 13.3 Å². The van der Waals surface area contributed by atoms with Crippen LogP contribution in [-0.2, 0) is 9.98 Å². The maximum absolute atomic E-state index is 11.8. The van der Waals surface area contributed by atoms with Crippen LogP contribution in [0, 0.1) is 0 Å². The van der Waals surface area contributed by atoms with Crippen LogP contribution in [-0.4, -0.2) is 13.3 Å². The molecule has 0 saturated heterocycles. The van der Waals surface area contributed by atoms with Gasteiger partial charge in [-0.25, -0.2) is 0 Å². The molecule has 0 atom stereocenters. The number of benzene rings is 1. The second-order valence-corrected chi connectivity index (χ2v) is 8.37. The van der Waals surface area contributed by atoms with Gasteiger partial charge in [-0.1, -0.05) is 45.0 Å². The van der Waals surface area contributed by atoms with E-state index in [0.29, 0.717) is 0 Å². The van der Waals surface area contributed by atoms with Gasteiger partial charge in [-0.3, -0.25) is 0 Å². The third-order valence-electron chi connectivity index (χ3n) is 2.36. The Bertz CT molecular complexity index is 351. The van der Waals surface area contributed by atoms with Crippen molar-refractivity contribution in [1.82, 2.24) is 0 Å².